The zero-order chi connectivity index (χ0) is 13.2. The first kappa shape index (κ1) is 15.1. The molecule has 0 aromatic carbocycles. The number of hydrogen-bond donors (Lipinski definition) is 1. The van der Waals surface area contributed by atoms with Crippen LogP contribution in [-0.4, -0.2) is 50.2 Å². The van der Waals surface area contributed by atoms with Crippen molar-refractivity contribution in [2.45, 2.75) is 26.2 Å². The van der Waals surface area contributed by atoms with Crippen LogP contribution in [0.3, 0.4) is 0 Å². The van der Waals surface area contributed by atoms with E-state index in [9.17, 15) is 0 Å². The average molecular weight is 257 g/mol. The average Bonchev–Trinajstić information content (AvgIpc) is 2.84. The van der Waals surface area contributed by atoms with Crippen molar-refractivity contribution >= 4 is 0 Å². The van der Waals surface area contributed by atoms with Crippen LogP contribution in [0, 0.1) is 0 Å². The molecule has 0 radical (unpaired) electrons. The fourth-order valence-electron chi connectivity index (χ4n) is 1.43. The van der Waals surface area contributed by atoms with Crippen molar-refractivity contribution in [2.24, 2.45) is 0 Å². The molecule has 1 N–H and O–H groups in total. The van der Waals surface area contributed by atoms with E-state index >= 15 is 0 Å². The van der Waals surface area contributed by atoms with Crippen LogP contribution in [0.1, 0.15) is 31.5 Å². The van der Waals surface area contributed by atoms with Gasteiger partial charge in [-0.2, -0.15) is 4.98 Å². The standard InChI is InChI=1S/C12H23N3O3/c1-4-13-9-10(2)12-14-11(15-18-12)5-6-17-8-7-16-3/h10,13H,4-9H2,1-3H3. The number of ether oxygens (including phenoxy) is 2. The molecular weight excluding hydrogens is 234 g/mol. The van der Waals surface area contributed by atoms with E-state index in [1.165, 1.54) is 0 Å². The minimum Gasteiger partial charge on any atom is -0.382 e. The number of likely N-dealkylation sites (N-methyl/N-ethyl adjacent to an activating group) is 1. The van der Waals surface area contributed by atoms with Crippen LogP contribution in [0.5, 0.6) is 0 Å². The summed E-state index contributed by atoms with van der Waals surface area (Å²) in [5.41, 5.74) is 0. The molecule has 1 rings (SSSR count). The number of nitrogens with one attached hydrogen (secondary N) is 1. The lowest BCUT2D eigenvalue weighted by molar-refractivity contribution is 0.0714. The van der Waals surface area contributed by atoms with Gasteiger partial charge in [0.15, 0.2) is 5.82 Å². The third-order valence-corrected chi connectivity index (χ3v) is 2.51. The van der Waals surface area contributed by atoms with Crippen LogP contribution >= 0.6 is 0 Å². The molecule has 1 unspecified atom stereocenters. The van der Waals surface area contributed by atoms with Crippen molar-refractivity contribution in [3.05, 3.63) is 11.7 Å². The Bertz CT molecular complexity index is 317. The molecule has 1 atom stereocenters. The molecule has 6 heteroatoms. The van der Waals surface area contributed by atoms with Crippen molar-refractivity contribution < 1.29 is 14.0 Å². The summed E-state index contributed by atoms with van der Waals surface area (Å²) < 4.78 is 15.5. The predicted molar refractivity (Wildman–Crippen MR) is 67.7 cm³/mol. The lowest BCUT2D eigenvalue weighted by atomic mass is 10.2. The maximum absolute atomic E-state index is 5.35. The highest BCUT2D eigenvalue weighted by molar-refractivity contribution is 4.93. The Kier molecular flexibility index (Phi) is 7.55. The van der Waals surface area contributed by atoms with Gasteiger partial charge in [0, 0.05) is 26.0 Å². The highest BCUT2D eigenvalue weighted by Gasteiger charge is 2.13. The Hall–Kier alpha value is -0.980. The minimum atomic E-state index is 0.237. The minimum absolute atomic E-state index is 0.237. The number of hydrogen-bond acceptors (Lipinski definition) is 6. The molecule has 1 heterocycles. The van der Waals surface area contributed by atoms with Gasteiger partial charge in [0.05, 0.1) is 19.8 Å². The molecule has 0 fully saturated rings. The lowest BCUT2D eigenvalue weighted by Crippen LogP contribution is -2.19. The van der Waals surface area contributed by atoms with E-state index < -0.39 is 0 Å². The van der Waals surface area contributed by atoms with E-state index in [0.29, 0.717) is 38.0 Å². The van der Waals surface area contributed by atoms with Gasteiger partial charge in [-0.15, -0.1) is 0 Å². The molecule has 0 aliphatic rings. The fraction of sp³-hybridized carbons (Fsp3) is 0.833. The molecule has 0 amide bonds. The second-order valence-electron chi connectivity index (χ2n) is 4.11. The van der Waals surface area contributed by atoms with Gasteiger partial charge >= 0.3 is 0 Å². The normalized spacial score (nSPS) is 12.8. The first-order chi connectivity index (χ1) is 8.77. The van der Waals surface area contributed by atoms with Gasteiger partial charge in [0.1, 0.15) is 0 Å². The Morgan fingerprint density at radius 3 is 2.89 bits per heavy atom. The molecule has 104 valence electrons. The summed E-state index contributed by atoms with van der Waals surface area (Å²) in [5, 5.41) is 7.19. The first-order valence-corrected chi connectivity index (χ1v) is 6.37. The van der Waals surface area contributed by atoms with E-state index in [2.05, 4.69) is 29.3 Å². The van der Waals surface area contributed by atoms with E-state index in [0.717, 1.165) is 13.1 Å². The summed E-state index contributed by atoms with van der Waals surface area (Å²) in [6.45, 7) is 7.72. The molecule has 0 saturated carbocycles. The van der Waals surface area contributed by atoms with Gasteiger partial charge in [-0.05, 0) is 6.54 Å². The summed E-state index contributed by atoms with van der Waals surface area (Å²) in [4.78, 5) is 4.35. The van der Waals surface area contributed by atoms with E-state index in [-0.39, 0.29) is 5.92 Å². The van der Waals surface area contributed by atoms with Gasteiger partial charge in [0.2, 0.25) is 5.89 Å². The van der Waals surface area contributed by atoms with Crippen LogP contribution in [0.4, 0.5) is 0 Å². The zero-order valence-electron chi connectivity index (χ0n) is 11.4. The van der Waals surface area contributed by atoms with Crippen LogP contribution in [0.15, 0.2) is 4.52 Å². The molecule has 0 aliphatic carbocycles. The summed E-state index contributed by atoms with van der Waals surface area (Å²) in [5.74, 6) is 1.62. The SMILES string of the molecule is CCNCC(C)c1nc(CCOCCOC)no1. The maximum atomic E-state index is 5.35. The predicted octanol–water partition coefficient (Wildman–Crippen LogP) is 0.988. The summed E-state index contributed by atoms with van der Waals surface area (Å²) >= 11 is 0. The number of nitrogens with zero attached hydrogens (tertiary/aromatic N) is 2. The molecule has 0 aliphatic heterocycles. The molecule has 0 bridgehead atoms. The third kappa shape index (κ3) is 5.57. The van der Waals surface area contributed by atoms with Crippen LogP contribution in [-0.2, 0) is 15.9 Å². The monoisotopic (exact) mass is 257 g/mol. The van der Waals surface area contributed by atoms with E-state index in [1.54, 1.807) is 7.11 Å². The van der Waals surface area contributed by atoms with Gasteiger partial charge in [0.25, 0.3) is 0 Å². The summed E-state index contributed by atoms with van der Waals surface area (Å²) in [7, 11) is 1.65. The largest absolute Gasteiger partial charge is 0.382 e. The fourth-order valence-corrected chi connectivity index (χ4v) is 1.43. The Labute approximate surface area is 108 Å². The lowest BCUT2D eigenvalue weighted by Gasteiger charge is -2.05. The topological polar surface area (TPSA) is 69.4 Å². The van der Waals surface area contributed by atoms with Crippen molar-refractivity contribution in [2.75, 3.05) is 40.0 Å². The van der Waals surface area contributed by atoms with Crippen molar-refractivity contribution in [1.82, 2.24) is 15.5 Å². The molecule has 1 aromatic heterocycles. The smallest absolute Gasteiger partial charge is 0.230 e. The molecule has 6 nitrogen and oxygen atoms in total. The number of aromatic nitrogens is 2. The second-order valence-corrected chi connectivity index (χ2v) is 4.11. The Morgan fingerprint density at radius 1 is 1.33 bits per heavy atom. The number of rotatable bonds is 10. The van der Waals surface area contributed by atoms with Gasteiger partial charge in [-0.25, -0.2) is 0 Å². The quantitative estimate of drug-likeness (QED) is 0.630. The van der Waals surface area contributed by atoms with Gasteiger partial charge < -0.3 is 19.3 Å². The maximum Gasteiger partial charge on any atom is 0.230 e. The summed E-state index contributed by atoms with van der Waals surface area (Å²) in [6.07, 6.45) is 0.668. The zero-order valence-corrected chi connectivity index (χ0v) is 11.4. The molecule has 0 spiro atoms. The van der Waals surface area contributed by atoms with Crippen molar-refractivity contribution in [1.29, 1.82) is 0 Å². The Morgan fingerprint density at radius 2 is 2.17 bits per heavy atom. The molecular formula is C12H23N3O3. The summed E-state index contributed by atoms with van der Waals surface area (Å²) in [6, 6.07) is 0. The molecule has 1 aromatic rings. The van der Waals surface area contributed by atoms with Crippen molar-refractivity contribution in [3.8, 4) is 0 Å². The molecule has 18 heavy (non-hydrogen) atoms. The van der Waals surface area contributed by atoms with Crippen molar-refractivity contribution in [3.63, 3.8) is 0 Å². The van der Waals surface area contributed by atoms with Gasteiger partial charge in [-0.1, -0.05) is 19.0 Å². The first-order valence-electron chi connectivity index (χ1n) is 6.37. The number of methoxy groups -OCH3 is 1. The highest BCUT2D eigenvalue weighted by atomic mass is 16.5. The van der Waals surface area contributed by atoms with Crippen LogP contribution in [0.2, 0.25) is 0 Å². The third-order valence-electron chi connectivity index (χ3n) is 2.51. The second kappa shape index (κ2) is 9.02. The Balaban J connectivity index is 2.25. The highest BCUT2D eigenvalue weighted by Crippen LogP contribution is 2.11. The van der Waals surface area contributed by atoms with E-state index in [1.807, 2.05) is 0 Å². The van der Waals surface area contributed by atoms with E-state index in [4.69, 9.17) is 14.0 Å². The van der Waals surface area contributed by atoms with Crippen LogP contribution in [0.25, 0.3) is 0 Å². The van der Waals surface area contributed by atoms with Crippen LogP contribution < -0.4 is 5.32 Å². The molecule has 0 saturated heterocycles. The van der Waals surface area contributed by atoms with Gasteiger partial charge in [-0.3, -0.25) is 0 Å².